The number of amidine groups is 1. The van der Waals surface area contributed by atoms with Crippen molar-refractivity contribution in [1.29, 1.82) is 0 Å². The second-order valence-electron chi connectivity index (χ2n) is 8.38. The third kappa shape index (κ3) is 5.32. The molecular weight excluding hydrogens is 584 g/mol. The summed E-state index contributed by atoms with van der Waals surface area (Å²) in [4.78, 5) is 17.5. The van der Waals surface area contributed by atoms with E-state index in [1.165, 1.54) is 19.2 Å². The molecule has 4 rings (SSSR count). The van der Waals surface area contributed by atoms with Crippen molar-refractivity contribution in [3.63, 3.8) is 0 Å². The van der Waals surface area contributed by atoms with Gasteiger partial charge in [0.15, 0.2) is 5.75 Å². The van der Waals surface area contributed by atoms with E-state index in [0.717, 1.165) is 18.2 Å². The maximum atomic E-state index is 15.0. The van der Waals surface area contributed by atoms with Crippen LogP contribution < -0.4 is 15.1 Å². The summed E-state index contributed by atoms with van der Waals surface area (Å²) in [7, 11) is -3.36. The summed E-state index contributed by atoms with van der Waals surface area (Å²) in [6, 6.07) is 4.61. The Morgan fingerprint density at radius 2 is 1.90 bits per heavy atom. The standard InChI is InChI=1S/C23H23ClF4N6O5S/c1-4-16-20(32-12-18(38-2)14(24)10-19(32)30-16)21(35)29-11-13-5-6-17(15(25)9-13)33-7-8-34(22(31-33)39-3)40(36,37)23(26,27)28/h5-6,9-10,12H,4,7-8,11H2,1-3H3,(H,29,35). The molecule has 1 N–H and O–H groups in total. The maximum Gasteiger partial charge on any atom is 0.516 e. The first kappa shape index (κ1) is 29.2. The molecule has 1 aliphatic heterocycles. The Balaban J connectivity index is 1.53. The highest BCUT2D eigenvalue weighted by molar-refractivity contribution is 7.90. The van der Waals surface area contributed by atoms with E-state index in [1.54, 1.807) is 16.7 Å². The fraction of sp³-hybridized carbons (Fsp3) is 0.348. The van der Waals surface area contributed by atoms with E-state index in [-0.39, 0.29) is 28.8 Å². The molecule has 0 unspecified atom stereocenters. The Bertz CT molecular complexity index is 1590. The third-order valence-electron chi connectivity index (χ3n) is 5.96. The molecule has 0 aliphatic carbocycles. The highest BCUT2D eigenvalue weighted by Gasteiger charge is 2.52. The summed E-state index contributed by atoms with van der Waals surface area (Å²) in [5.74, 6) is -0.937. The Hall–Kier alpha value is -3.79. The smallest absolute Gasteiger partial charge is 0.494 e. The van der Waals surface area contributed by atoms with E-state index in [0.29, 0.717) is 34.1 Å². The van der Waals surface area contributed by atoms with Crippen molar-refractivity contribution in [3.8, 4) is 5.75 Å². The average Bonchev–Trinajstić information content (AvgIpc) is 3.27. The Kier molecular flexibility index (Phi) is 8.03. The number of aromatic nitrogens is 2. The number of halogens is 5. The molecule has 11 nitrogen and oxygen atoms in total. The molecule has 0 saturated carbocycles. The van der Waals surface area contributed by atoms with Crippen molar-refractivity contribution in [2.45, 2.75) is 25.4 Å². The van der Waals surface area contributed by atoms with Crippen LogP contribution in [-0.2, 0) is 27.7 Å². The number of rotatable bonds is 7. The van der Waals surface area contributed by atoms with Crippen molar-refractivity contribution in [3.05, 3.63) is 58.3 Å². The van der Waals surface area contributed by atoms with Crippen LogP contribution in [0.3, 0.4) is 0 Å². The number of hydrogen-bond donors (Lipinski definition) is 1. The SMILES string of the molecule is CCc1nc2cc(Cl)c(OC)cn2c1C(=O)NCc1ccc(N2CCN(S(=O)(=O)C(F)(F)F)C(OC)=N2)c(F)c1. The number of nitrogens with zero attached hydrogens (tertiary/aromatic N) is 5. The number of carbonyl (C=O) groups is 1. The van der Waals surface area contributed by atoms with Crippen LogP contribution in [-0.4, -0.2) is 66.9 Å². The van der Waals surface area contributed by atoms with Gasteiger partial charge in [-0.25, -0.2) is 13.7 Å². The molecule has 0 saturated heterocycles. The number of benzene rings is 1. The fourth-order valence-electron chi connectivity index (χ4n) is 4.02. The number of methoxy groups -OCH3 is 2. The van der Waals surface area contributed by atoms with Gasteiger partial charge in [0, 0.05) is 12.6 Å². The predicted octanol–water partition coefficient (Wildman–Crippen LogP) is 3.52. The molecule has 2 aromatic heterocycles. The number of hydrazone groups is 1. The van der Waals surface area contributed by atoms with Gasteiger partial charge in [-0.05, 0) is 24.1 Å². The van der Waals surface area contributed by atoms with Gasteiger partial charge in [0.2, 0.25) is 0 Å². The zero-order valence-electron chi connectivity index (χ0n) is 21.3. The van der Waals surface area contributed by atoms with Crippen LogP contribution in [0, 0.1) is 5.82 Å². The summed E-state index contributed by atoms with van der Waals surface area (Å²) in [6.45, 7) is 0.709. The van der Waals surface area contributed by atoms with Gasteiger partial charge in [-0.15, -0.1) is 5.10 Å². The van der Waals surface area contributed by atoms with Gasteiger partial charge < -0.3 is 14.8 Å². The number of ether oxygens (including phenoxy) is 2. The minimum Gasteiger partial charge on any atom is -0.494 e. The first-order valence-electron chi connectivity index (χ1n) is 11.6. The lowest BCUT2D eigenvalue weighted by Crippen LogP contribution is -2.51. The summed E-state index contributed by atoms with van der Waals surface area (Å²) in [6.07, 6.45) is 2.00. The maximum absolute atomic E-state index is 15.0. The molecule has 1 amide bonds. The molecule has 17 heteroatoms. The number of carbonyl (C=O) groups excluding carboxylic acids is 1. The lowest BCUT2D eigenvalue weighted by Gasteiger charge is -2.32. The molecule has 0 fully saturated rings. The zero-order chi connectivity index (χ0) is 29.4. The van der Waals surface area contributed by atoms with Gasteiger partial charge in [-0.2, -0.15) is 21.6 Å². The number of amides is 1. The van der Waals surface area contributed by atoms with Crippen molar-refractivity contribution in [2.24, 2.45) is 5.10 Å². The van der Waals surface area contributed by atoms with E-state index in [1.807, 2.05) is 6.92 Å². The lowest BCUT2D eigenvalue weighted by atomic mass is 10.1. The summed E-state index contributed by atoms with van der Waals surface area (Å²) in [5, 5.41) is 7.77. The van der Waals surface area contributed by atoms with Crippen LogP contribution in [0.25, 0.3) is 5.65 Å². The van der Waals surface area contributed by atoms with E-state index >= 15 is 4.39 Å². The number of imidazole rings is 1. The van der Waals surface area contributed by atoms with E-state index in [2.05, 4.69) is 15.4 Å². The Morgan fingerprint density at radius 1 is 1.18 bits per heavy atom. The van der Waals surface area contributed by atoms with Crippen LogP contribution >= 0.6 is 11.6 Å². The topological polar surface area (TPSA) is 118 Å². The average molecular weight is 607 g/mol. The van der Waals surface area contributed by atoms with Crippen LogP contribution in [0.2, 0.25) is 5.02 Å². The fourth-order valence-corrected chi connectivity index (χ4v) is 5.13. The van der Waals surface area contributed by atoms with Crippen LogP contribution in [0.4, 0.5) is 23.2 Å². The first-order valence-corrected chi connectivity index (χ1v) is 13.4. The molecule has 3 aromatic rings. The van der Waals surface area contributed by atoms with Gasteiger partial charge in [0.05, 0.1) is 49.9 Å². The van der Waals surface area contributed by atoms with Gasteiger partial charge in [-0.3, -0.25) is 14.2 Å². The minimum atomic E-state index is -5.75. The summed E-state index contributed by atoms with van der Waals surface area (Å²) in [5.41, 5.74) is -4.10. The van der Waals surface area contributed by atoms with Crippen LogP contribution in [0.1, 0.15) is 28.7 Å². The van der Waals surface area contributed by atoms with Gasteiger partial charge in [0.1, 0.15) is 17.2 Å². The molecular formula is C23H23ClF4N6O5S. The molecule has 1 aliphatic rings. The van der Waals surface area contributed by atoms with Gasteiger partial charge in [0.25, 0.3) is 5.91 Å². The molecule has 0 atom stereocenters. The normalized spacial score (nSPS) is 14.3. The Morgan fingerprint density at radius 3 is 2.50 bits per heavy atom. The van der Waals surface area contributed by atoms with Crippen LogP contribution in [0.15, 0.2) is 35.6 Å². The first-order chi connectivity index (χ1) is 18.8. The third-order valence-corrected chi connectivity index (χ3v) is 7.76. The van der Waals surface area contributed by atoms with Crippen molar-refractivity contribution < 1.29 is 40.2 Å². The number of sulfonamides is 1. The predicted molar refractivity (Wildman–Crippen MR) is 137 cm³/mol. The summed E-state index contributed by atoms with van der Waals surface area (Å²) < 4.78 is 89.1. The quantitative estimate of drug-likeness (QED) is 0.409. The number of aryl methyl sites for hydroxylation is 1. The van der Waals surface area contributed by atoms with Crippen molar-refractivity contribution >= 4 is 44.9 Å². The molecule has 1 aromatic carbocycles. The molecule has 0 radical (unpaired) electrons. The molecule has 0 spiro atoms. The number of nitrogens with one attached hydrogen (secondary N) is 1. The van der Waals surface area contributed by atoms with Gasteiger partial charge in [-0.1, -0.05) is 24.6 Å². The number of hydrogen-bond acceptors (Lipinski definition) is 8. The second-order valence-corrected chi connectivity index (χ2v) is 10.6. The van der Waals surface area contributed by atoms with E-state index < -0.39 is 39.8 Å². The van der Waals surface area contributed by atoms with E-state index in [9.17, 15) is 26.4 Å². The molecule has 3 heterocycles. The highest BCUT2D eigenvalue weighted by Crippen LogP contribution is 2.31. The summed E-state index contributed by atoms with van der Waals surface area (Å²) >= 11 is 6.17. The van der Waals surface area contributed by atoms with Crippen molar-refractivity contribution in [1.82, 2.24) is 19.0 Å². The van der Waals surface area contributed by atoms with Crippen LogP contribution in [0.5, 0.6) is 5.75 Å². The Labute approximate surface area is 231 Å². The van der Waals surface area contributed by atoms with E-state index in [4.69, 9.17) is 21.1 Å². The molecule has 0 bridgehead atoms. The number of pyridine rings is 1. The van der Waals surface area contributed by atoms with Gasteiger partial charge >= 0.3 is 21.6 Å². The second kappa shape index (κ2) is 11.0. The molecule has 40 heavy (non-hydrogen) atoms. The zero-order valence-corrected chi connectivity index (χ0v) is 22.9. The monoisotopic (exact) mass is 606 g/mol. The molecule has 216 valence electrons. The minimum absolute atomic E-state index is 0.0282. The highest BCUT2D eigenvalue weighted by atomic mass is 35.5. The number of alkyl halides is 3. The van der Waals surface area contributed by atoms with Crippen molar-refractivity contribution in [2.75, 3.05) is 32.3 Å². The number of anilines is 1. The lowest BCUT2D eigenvalue weighted by molar-refractivity contribution is -0.0477. The number of fused-ring (bicyclic) bond motifs is 1. The largest absolute Gasteiger partial charge is 0.516 e.